The molecule has 128 valence electrons. The standard InChI is InChI=1S/C15H26N4O.2ClH/c1-10-7-8-16-9-14(10)17-15(20)6-5-13-11(2)18-19(4)12(13)3;;/h10,14,16H,5-9H2,1-4H3,(H,17,20);2*1H. The molecule has 1 aliphatic rings. The molecule has 0 aromatic carbocycles. The van der Waals surface area contributed by atoms with Crippen molar-refractivity contribution in [1.82, 2.24) is 20.4 Å². The number of hydrogen-bond acceptors (Lipinski definition) is 3. The first-order valence-corrected chi connectivity index (χ1v) is 7.48. The van der Waals surface area contributed by atoms with Crippen molar-refractivity contribution in [3.8, 4) is 0 Å². The maximum Gasteiger partial charge on any atom is 0.220 e. The number of amides is 1. The topological polar surface area (TPSA) is 59.0 Å². The molecule has 5 nitrogen and oxygen atoms in total. The van der Waals surface area contributed by atoms with Crippen LogP contribution in [0.2, 0.25) is 0 Å². The first-order valence-electron chi connectivity index (χ1n) is 7.48. The highest BCUT2D eigenvalue weighted by molar-refractivity contribution is 5.85. The summed E-state index contributed by atoms with van der Waals surface area (Å²) in [6, 6.07) is 0.271. The number of nitrogens with zero attached hydrogens (tertiary/aromatic N) is 2. The number of aryl methyl sites for hydroxylation is 2. The van der Waals surface area contributed by atoms with Gasteiger partial charge in [-0.3, -0.25) is 9.48 Å². The summed E-state index contributed by atoms with van der Waals surface area (Å²) >= 11 is 0. The van der Waals surface area contributed by atoms with E-state index in [4.69, 9.17) is 0 Å². The van der Waals surface area contributed by atoms with Gasteiger partial charge >= 0.3 is 0 Å². The van der Waals surface area contributed by atoms with Crippen LogP contribution in [0.4, 0.5) is 0 Å². The maximum atomic E-state index is 12.1. The molecule has 7 heteroatoms. The molecule has 0 bridgehead atoms. The first kappa shape index (κ1) is 21.2. The Bertz CT molecular complexity index is 490. The Balaban J connectivity index is 0.00000220. The Morgan fingerprint density at radius 3 is 2.64 bits per heavy atom. The molecule has 22 heavy (non-hydrogen) atoms. The lowest BCUT2D eigenvalue weighted by Gasteiger charge is -2.30. The van der Waals surface area contributed by atoms with Crippen LogP contribution in [0.15, 0.2) is 0 Å². The minimum absolute atomic E-state index is 0. The van der Waals surface area contributed by atoms with Crippen molar-refractivity contribution in [3.05, 3.63) is 17.0 Å². The second-order valence-corrected chi connectivity index (χ2v) is 5.92. The molecule has 1 amide bonds. The number of carbonyl (C=O) groups excluding carboxylic acids is 1. The fourth-order valence-corrected chi connectivity index (χ4v) is 2.88. The van der Waals surface area contributed by atoms with E-state index in [1.54, 1.807) is 0 Å². The van der Waals surface area contributed by atoms with E-state index in [0.717, 1.165) is 37.3 Å². The predicted molar refractivity (Wildman–Crippen MR) is 94.1 cm³/mol. The first-order chi connectivity index (χ1) is 9.49. The van der Waals surface area contributed by atoms with E-state index in [2.05, 4.69) is 29.6 Å². The van der Waals surface area contributed by atoms with Gasteiger partial charge in [0.15, 0.2) is 0 Å². The summed E-state index contributed by atoms with van der Waals surface area (Å²) in [5.41, 5.74) is 3.39. The molecule has 2 atom stereocenters. The van der Waals surface area contributed by atoms with Gasteiger partial charge in [0.1, 0.15) is 0 Å². The Kier molecular flexibility index (Phi) is 9.05. The molecule has 2 rings (SSSR count). The van der Waals surface area contributed by atoms with Crippen molar-refractivity contribution in [1.29, 1.82) is 0 Å². The zero-order valence-corrected chi connectivity index (χ0v) is 15.4. The molecule has 0 aliphatic carbocycles. The van der Waals surface area contributed by atoms with Gasteiger partial charge in [-0.05, 0) is 44.7 Å². The lowest BCUT2D eigenvalue weighted by molar-refractivity contribution is -0.122. The number of halogens is 2. The van der Waals surface area contributed by atoms with Gasteiger partial charge in [0.2, 0.25) is 5.91 Å². The molecule has 2 heterocycles. The van der Waals surface area contributed by atoms with Crippen LogP contribution >= 0.6 is 24.8 Å². The number of rotatable bonds is 4. The number of aromatic nitrogens is 2. The van der Waals surface area contributed by atoms with Crippen LogP contribution in [0.25, 0.3) is 0 Å². The fraction of sp³-hybridized carbons (Fsp3) is 0.733. The van der Waals surface area contributed by atoms with E-state index in [-0.39, 0.29) is 36.8 Å². The molecule has 0 radical (unpaired) electrons. The van der Waals surface area contributed by atoms with E-state index >= 15 is 0 Å². The van der Waals surface area contributed by atoms with Crippen molar-refractivity contribution in [2.75, 3.05) is 13.1 Å². The van der Waals surface area contributed by atoms with Gasteiger partial charge in [-0.2, -0.15) is 5.10 Å². The minimum Gasteiger partial charge on any atom is -0.352 e. The van der Waals surface area contributed by atoms with Crippen LogP contribution in [0.3, 0.4) is 0 Å². The van der Waals surface area contributed by atoms with Gasteiger partial charge in [-0.15, -0.1) is 24.8 Å². The second-order valence-electron chi connectivity index (χ2n) is 5.92. The molecule has 1 fully saturated rings. The average Bonchev–Trinajstić information content (AvgIpc) is 2.64. The van der Waals surface area contributed by atoms with Crippen LogP contribution < -0.4 is 10.6 Å². The molecule has 2 N–H and O–H groups in total. The van der Waals surface area contributed by atoms with Crippen LogP contribution in [0.5, 0.6) is 0 Å². The van der Waals surface area contributed by atoms with Crippen molar-refractivity contribution in [3.63, 3.8) is 0 Å². The third-order valence-corrected chi connectivity index (χ3v) is 4.43. The summed E-state index contributed by atoms with van der Waals surface area (Å²) in [7, 11) is 1.95. The monoisotopic (exact) mass is 350 g/mol. The van der Waals surface area contributed by atoms with E-state index in [1.807, 2.05) is 18.7 Å². The van der Waals surface area contributed by atoms with Gasteiger partial charge in [-0.25, -0.2) is 0 Å². The zero-order chi connectivity index (χ0) is 14.7. The van der Waals surface area contributed by atoms with Gasteiger partial charge in [0, 0.05) is 31.7 Å². The molecular formula is C15H28Cl2N4O. The molecule has 1 aromatic rings. The van der Waals surface area contributed by atoms with Crippen LogP contribution in [0.1, 0.15) is 36.7 Å². The minimum atomic E-state index is 0. The third-order valence-electron chi connectivity index (χ3n) is 4.43. The fourth-order valence-electron chi connectivity index (χ4n) is 2.88. The summed E-state index contributed by atoms with van der Waals surface area (Å²) in [5, 5.41) is 10.9. The molecule has 1 aliphatic heterocycles. The van der Waals surface area contributed by atoms with Crippen molar-refractivity contribution in [2.45, 2.75) is 46.1 Å². The summed E-state index contributed by atoms with van der Waals surface area (Å²) in [6.07, 6.45) is 2.44. The summed E-state index contributed by atoms with van der Waals surface area (Å²) in [5.74, 6) is 0.704. The normalized spacial score (nSPS) is 20.7. The highest BCUT2D eigenvalue weighted by Crippen LogP contribution is 2.15. The molecular weight excluding hydrogens is 323 g/mol. The predicted octanol–water partition coefficient (Wildman–Crippen LogP) is 1.93. The van der Waals surface area contributed by atoms with Crippen LogP contribution in [-0.2, 0) is 18.3 Å². The quantitative estimate of drug-likeness (QED) is 0.872. The molecule has 0 spiro atoms. The summed E-state index contributed by atoms with van der Waals surface area (Å²) in [4.78, 5) is 12.1. The van der Waals surface area contributed by atoms with E-state index in [9.17, 15) is 4.79 Å². The van der Waals surface area contributed by atoms with Crippen molar-refractivity contribution < 1.29 is 4.79 Å². The van der Waals surface area contributed by atoms with Crippen molar-refractivity contribution >= 4 is 30.7 Å². The largest absolute Gasteiger partial charge is 0.352 e. The lowest BCUT2D eigenvalue weighted by Crippen LogP contribution is -2.50. The van der Waals surface area contributed by atoms with Gasteiger partial charge in [0.05, 0.1) is 5.69 Å². The van der Waals surface area contributed by atoms with Gasteiger partial charge in [-0.1, -0.05) is 6.92 Å². The Hall–Kier alpha value is -0.780. The second kappa shape index (κ2) is 9.38. The van der Waals surface area contributed by atoms with Crippen LogP contribution in [0, 0.1) is 19.8 Å². The molecule has 2 unspecified atom stereocenters. The smallest absolute Gasteiger partial charge is 0.220 e. The zero-order valence-electron chi connectivity index (χ0n) is 13.8. The van der Waals surface area contributed by atoms with Crippen LogP contribution in [-0.4, -0.2) is 34.8 Å². The third kappa shape index (κ3) is 5.14. The number of carbonyl (C=O) groups is 1. The molecule has 1 saturated heterocycles. The Labute approximate surface area is 145 Å². The molecule has 0 saturated carbocycles. The highest BCUT2D eigenvalue weighted by atomic mass is 35.5. The highest BCUT2D eigenvalue weighted by Gasteiger charge is 2.22. The average molecular weight is 351 g/mol. The summed E-state index contributed by atoms with van der Waals surface area (Å²) < 4.78 is 1.88. The number of piperidine rings is 1. The van der Waals surface area contributed by atoms with E-state index < -0.39 is 0 Å². The van der Waals surface area contributed by atoms with Gasteiger partial charge in [0.25, 0.3) is 0 Å². The van der Waals surface area contributed by atoms with Crippen molar-refractivity contribution in [2.24, 2.45) is 13.0 Å². The van der Waals surface area contributed by atoms with E-state index in [0.29, 0.717) is 12.3 Å². The number of nitrogens with one attached hydrogen (secondary N) is 2. The Morgan fingerprint density at radius 2 is 2.09 bits per heavy atom. The number of hydrogen-bond donors (Lipinski definition) is 2. The SMILES string of the molecule is Cc1nn(C)c(C)c1CCC(=O)NC1CNCCC1C.Cl.Cl. The molecule has 1 aromatic heterocycles. The van der Waals surface area contributed by atoms with Gasteiger partial charge < -0.3 is 10.6 Å². The van der Waals surface area contributed by atoms with E-state index in [1.165, 1.54) is 5.56 Å². The Morgan fingerprint density at radius 1 is 1.41 bits per heavy atom. The lowest BCUT2D eigenvalue weighted by atomic mass is 9.94. The summed E-state index contributed by atoms with van der Waals surface area (Å²) in [6.45, 7) is 8.22. The maximum absolute atomic E-state index is 12.1.